The van der Waals surface area contributed by atoms with Crippen LogP contribution in [-0.2, 0) is 0 Å². The summed E-state index contributed by atoms with van der Waals surface area (Å²) in [4.78, 5) is 11.1. The lowest BCUT2D eigenvalue weighted by atomic mass is 10.1. The van der Waals surface area contributed by atoms with Crippen LogP contribution in [0, 0.1) is 13.5 Å². The maximum Gasteiger partial charge on any atom is 0.186 e. The third-order valence-electron chi connectivity index (χ3n) is 1.56. The van der Waals surface area contributed by atoms with E-state index in [1.54, 1.807) is 6.07 Å². The standard InChI is InChI=1S/C10H9O/c1-3-10(11)9-7-5-4-6-8(9)2/h1,3-7H,2H3. The number of rotatable bonds is 2. The first-order valence-electron chi connectivity index (χ1n) is 3.40. The van der Waals surface area contributed by atoms with E-state index in [1.807, 2.05) is 25.1 Å². The molecule has 0 aliphatic carbocycles. The Labute approximate surface area is 66.4 Å². The highest BCUT2D eigenvalue weighted by atomic mass is 16.1. The number of allylic oxidation sites excluding steroid dienone is 1. The monoisotopic (exact) mass is 145 g/mol. The zero-order valence-corrected chi connectivity index (χ0v) is 6.37. The first-order valence-corrected chi connectivity index (χ1v) is 3.40. The Morgan fingerprint density at radius 2 is 2.09 bits per heavy atom. The highest BCUT2D eigenvalue weighted by molar-refractivity contribution is 6.04. The summed E-state index contributed by atoms with van der Waals surface area (Å²) in [6.07, 6.45) is 1.09. The van der Waals surface area contributed by atoms with E-state index in [9.17, 15) is 4.79 Å². The Morgan fingerprint density at radius 3 is 2.64 bits per heavy atom. The Morgan fingerprint density at radius 1 is 1.45 bits per heavy atom. The van der Waals surface area contributed by atoms with Gasteiger partial charge in [0.2, 0.25) is 0 Å². The molecule has 0 aromatic heterocycles. The van der Waals surface area contributed by atoms with E-state index in [0.717, 1.165) is 11.6 Å². The van der Waals surface area contributed by atoms with Gasteiger partial charge in [-0.1, -0.05) is 30.8 Å². The van der Waals surface area contributed by atoms with E-state index in [-0.39, 0.29) is 5.78 Å². The van der Waals surface area contributed by atoms with E-state index in [0.29, 0.717) is 5.56 Å². The van der Waals surface area contributed by atoms with Crippen molar-refractivity contribution in [2.24, 2.45) is 0 Å². The van der Waals surface area contributed by atoms with Crippen LogP contribution in [-0.4, -0.2) is 5.78 Å². The van der Waals surface area contributed by atoms with Crippen molar-refractivity contribution >= 4 is 5.78 Å². The molecule has 0 unspecified atom stereocenters. The van der Waals surface area contributed by atoms with Crippen molar-refractivity contribution < 1.29 is 4.79 Å². The van der Waals surface area contributed by atoms with Crippen molar-refractivity contribution in [1.29, 1.82) is 0 Å². The van der Waals surface area contributed by atoms with Crippen LogP contribution in [0.1, 0.15) is 15.9 Å². The maximum atomic E-state index is 11.1. The van der Waals surface area contributed by atoms with Gasteiger partial charge in [-0.3, -0.25) is 4.79 Å². The minimum Gasteiger partial charge on any atom is -0.289 e. The number of aryl methyl sites for hydroxylation is 1. The molecule has 0 saturated carbocycles. The first kappa shape index (κ1) is 7.73. The van der Waals surface area contributed by atoms with E-state index in [4.69, 9.17) is 6.58 Å². The molecule has 11 heavy (non-hydrogen) atoms. The molecule has 0 heterocycles. The van der Waals surface area contributed by atoms with E-state index in [1.165, 1.54) is 0 Å². The third-order valence-corrected chi connectivity index (χ3v) is 1.56. The summed E-state index contributed by atoms with van der Waals surface area (Å²) in [5.74, 6) is -0.122. The van der Waals surface area contributed by atoms with Crippen molar-refractivity contribution in [2.45, 2.75) is 6.92 Å². The summed E-state index contributed by atoms with van der Waals surface area (Å²) in [6, 6.07) is 7.37. The Balaban J connectivity index is 3.13. The molecular weight excluding hydrogens is 136 g/mol. The Bertz CT molecular complexity index is 287. The molecule has 0 amide bonds. The van der Waals surface area contributed by atoms with Gasteiger partial charge < -0.3 is 0 Å². The average Bonchev–Trinajstić information content (AvgIpc) is 2.04. The number of hydrogen-bond donors (Lipinski definition) is 0. The lowest BCUT2D eigenvalue weighted by molar-refractivity contribution is 0.104. The summed E-state index contributed by atoms with van der Waals surface area (Å²) >= 11 is 0. The van der Waals surface area contributed by atoms with Gasteiger partial charge in [-0.25, -0.2) is 0 Å². The molecule has 0 saturated heterocycles. The fraction of sp³-hybridized carbons (Fsp3) is 0.100. The van der Waals surface area contributed by atoms with Crippen molar-refractivity contribution in [1.82, 2.24) is 0 Å². The second-order valence-corrected chi connectivity index (χ2v) is 2.35. The smallest absolute Gasteiger partial charge is 0.186 e. The second-order valence-electron chi connectivity index (χ2n) is 2.35. The molecule has 1 heteroatoms. The molecule has 0 spiro atoms. The SMILES string of the molecule is [CH]=CC(=O)c1ccccc1C. The van der Waals surface area contributed by atoms with Crippen molar-refractivity contribution in [3.8, 4) is 0 Å². The largest absolute Gasteiger partial charge is 0.289 e. The van der Waals surface area contributed by atoms with Crippen molar-refractivity contribution in [2.75, 3.05) is 0 Å². The van der Waals surface area contributed by atoms with E-state index in [2.05, 4.69) is 0 Å². The van der Waals surface area contributed by atoms with E-state index >= 15 is 0 Å². The number of benzene rings is 1. The number of carbonyl (C=O) groups excluding carboxylic acids is 1. The highest BCUT2D eigenvalue weighted by Crippen LogP contribution is 2.07. The van der Waals surface area contributed by atoms with Crippen LogP contribution in [0.25, 0.3) is 0 Å². The number of hydrogen-bond acceptors (Lipinski definition) is 1. The minimum absolute atomic E-state index is 0.122. The molecule has 0 bridgehead atoms. The van der Waals surface area contributed by atoms with Crippen LogP contribution in [0.2, 0.25) is 0 Å². The lowest BCUT2D eigenvalue weighted by Crippen LogP contribution is -1.95. The molecule has 0 fully saturated rings. The van der Waals surface area contributed by atoms with Crippen LogP contribution in [0.4, 0.5) is 0 Å². The second kappa shape index (κ2) is 3.15. The van der Waals surface area contributed by atoms with E-state index < -0.39 is 0 Å². The third kappa shape index (κ3) is 1.55. The summed E-state index contributed by atoms with van der Waals surface area (Å²) in [5, 5.41) is 0. The lowest BCUT2D eigenvalue weighted by Gasteiger charge is -1.98. The molecule has 0 N–H and O–H groups in total. The van der Waals surface area contributed by atoms with Gasteiger partial charge in [-0.05, 0) is 18.6 Å². The number of carbonyl (C=O) groups is 1. The zero-order chi connectivity index (χ0) is 8.27. The predicted molar refractivity (Wildman–Crippen MR) is 44.4 cm³/mol. The average molecular weight is 145 g/mol. The molecular formula is C10H9O. The topological polar surface area (TPSA) is 17.1 Å². The van der Waals surface area contributed by atoms with Gasteiger partial charge in [0.25, 0.3) is 0 Å². The molecule has 0 aliphatic heterocycles. The van der Waals surface area contributed by atoms with Gasteiger partial charge >= 0.3 is 0 Å². The highest BCUT2D eigenvalue weighted by Gasteiger charge is 2.01. The molecule has 1 radical (unpaired) electrons. The first-order chi connectivity index (χ1) is 5.25. The predicted octanol–water partition coefficient (Wildman–Crippen LogP) is 2.17. The normalized spacial score (nSPS) is 9.18. The summed E-state index contributed by atoms with van der Waals surface area (Å²) in [7, 11) is 0. The fourth-order valence-corrected chi connectivity index (χ4v) is 0.939. The Hall–Kier alpha value is -1.37. The van der Waals surface area contributed by atoms with Crippen LogP contribution < -0.4 is 0 Å². The van der Waals surface area contributed by atoms with Gasteiger partial charge in [0, 0.05) is 5.56 Å². The van der Waals surface area contributed by atoms with Gasteiger partial charge in [0.15, 0.2) is 5.78 Å². The zero-order valence-electron chi connectivity index (χ0n) is 6.37. The fourth-order valence-electron chi connectivity index (χ4n) is 0.939. The van der Waals surface area contributed by atoms with Crippen molar-refractivity contribution in [3.63, 3.8) is 0 Å². The van der Waals surface area contributed by atoms with Crippen molar-refractivity contribution in [3.05, 3.63) is 48.0 Å². The van der Waals surface area contributed by atoms with Crippen LogP contribution in [0.5, 0.6) is 0 Å². The van der Waals surface area contributed by atoms with Gasteiger partial charge in [0.05, 0.1) is 0 Å². The minimum atomic E-state index is -0.122. The van der Waals surface area contributed by atoms with Gasteiger partial charge in [0.1, 0.15) is 0 Å². The molecule has 0 atom stereocenters. The van der Waals surface area contributed by atoms with Crippen LogP contribution in [0.15, 0.2) is 30.3 Å². The summed E-state index contributed by atoms with van der Waals surface area (Å²) < 4.78 is 0. The van der Waals surface area contributed by atoms with Crippen LogP contribution in [0.3, 0.4) is 0 Å². The summed E-state index contributed by atoms with van der Waals surface area (Å²) in [6.45, 7) is 6.98. The number of ketones is 1. The van der Waals surface area contributed by atoms with Gasteiger partial charge in [-0.15, -0.1) is 0 Å². The molecule has 0 aliphatic rings. The molecule has 55 valence electrons. The molecule has 1 nitrogen and oxygen atoms in total. The Kier molecular flexibility index (Phi) is 2.21. The quantitative estimate of drug-likeness (QED) is 0.460. The maximum absolute atomic E-state index is 11.1. The summed E-state index contributed by atoms with van der Waals surface area (Å²) in [5.41, 5.74) is 1.63. The van der Waals surface area contributed by atoms with Gasteiger partial charge in [-0.2, -0.15) is 0 Å². The molecule has 1 aromatic rings. The molecule has 1 aromatic carbocycles. The molecule has 1 rings (SSSR count). The van der Waals surface area contributed by atoms with Crippen LogP contribution >= 0.6 is 0 Å².